The molecule has 0 aromatic carbocycles. The lowest BCUT2D eigenvalue weighted by Crippen LogP contribution is -2.44. The monoisotopic (exact) mass is 194 g/mol. The van der Waals surface area contributed by atoms with Crippen molar-refractivity contribution in [1.82, 2.24) is 4.90 Å². The lowest BCUT2D eigenvalue weighted by Gasteiger charge is -2.39. The summed E-state index contributed by atoms with van der Waals surface area (Å²) in [7, 11) is 2.17. The maximum Gasteiger partial charge on any atom is 0.104 e. The van der Waals surface area contributed by atoms with E-state index in [9.17, 15) is 0 Å². The van der Waals surface area contributed by atoms with Crippen molar-refractivity contribution in [2.75, 3.05) is 33.4 Å². The van der Waals surface area contributed by atoms with Crippen molar-refractivity contribution in [1.29, 1.82) is 5.26 Å². The largest absolute Gasteiger partial charge is 0.378 e. The molecule has 0 N–H and O–H groups in total. The van der Waals surface area contributed by atoms with Crippen molar-refractivity contribution >= 4 is 0 Å². The molecule has 0 aliphatic carbocycles. The van der Waals surface area contributed by atoms with Gasteiger partial charge in [0.1, 0.15) is 5.41 Å². The molecule has 78 valence electrons. The summed E-state index contributed by atoms with van der Waals surface area (Å²) in [5.41, 5.74) is -0.124. The summed E-state index contributed by atoms with van der Waals surface area (Å²) >= 11 is 0. The van der Waals surface area contributed by atoms with E-state index in [0.29, 0.717) is 13.2 Å². The van der Waals surface area contributed by atoms with Crippen molar-refractivity contribution in [3.05, 3.63) is 0 Å². The Hall–Kier alpha value is -0.590. The van der Waals surface area contributed by atoms with E-state index in [1.807, 2.05) is 0 Å². The molecule has 0 aromatic rings. The number of nitriles is 1. The van der Waals surface area contributed by atoms with Crippen LogP contribution in [0.15, 0.2) is 0 Å². The van der Waals surface area contributed by atoms with Gasteiger partial charge in [-0.15, -0.1) is 0 Å². The predicted molar refractivity (Wildman–Crippen MR) is 53.7 cm³/mol. The summed E-state index contributed by atoms with van der Waals surface area (Å²) in [4.78, 5) is 2.37. The van der Waals surface area contributed by atoms with E-state index < -0.39 is 0 Å². The maximum absolute atomic E-state index is 9.08. The SMILES string of the molecule is CN1CCC(CC2(C#N)COC2)CC1. The van der Waals surface area contributed by atoms with Crippen LogP contribution < -0.4 is 0 Å². The van der Waals surface area contributed by atoms with Gasteiger partial charge in [-0.25, -0.2) is 0 Å². The normalized spacial score (nSPS) is 28.0. The fourth-order valence-corrected chi connectivity index (χ4v) is 2.40. The molecule has 0 aromatic heterocycles. The van der Waals surface area contributed by atoms with Crippen LogP contribution in [0.1, 0.15) is 19.3 Å². The van der Waals surface area contributed by atoms with Gasteiger partial charge >= 0.3 is 0 Å². The molecular formula is C11H18N2O. The molecule has 3 nitrogen and oxygen atoms in total. The van der Waals surface area contributed by atoms with Gasteiger partial charge in [0.05, 0.1) is 19.3 Å². The highest BCUT2D eigenvalue weighted by Crippen LogP contribution is 2.37. The van der Waals surface area contributed by atoms with E-state index >= 15 is 0 Å². The van der Waals surface area contributed by atoms with Crippen molar-refractivity contribution in [2.45, 2.75) is 19.3 Å². The first-order chi connectivity index (χ1) is 6.74. The standard InChI is InChI=1S/C11H18N2O/c1-13-4-2-10(3-5-13)6-11(7-12)8-14-9-11/h10H,2-6,8-9H2,1H3. The van der Waals surface area contributed by atoms with Crippen LogP contribution in [0.25, 0.3) is 0 Å². The van der Waals surface area contributed by atoms with Crippen molar-refractivity contribution in [3.63, 3.8) is 0 Å². The van der Waals surface area contributed by atoms with Gasteiger partial charge in [-0.2, -0.15) is 5.26 Å². The molecule has 0 bridgehead atoms. The second kappa shape index (κ2) is 3.88. The molecule has 2 saturated heterocycles. The molecule has 2 fully saturated rings. The van der Waals surface area contributed by atoms with Crippen molar-refractivity contribution in [2.24, 2.45) is 11.3 Å². The molecule has 3 heteroatoms. The molecule has 2 heterocycles. The zero-order valence-corrected chi connectivity index (χ0v) is 8.83. The summed E-state index contributed by atoms with van der Waals surface area (Å²) < 4.78 is 5.16. The lowest BCUT2D eigenvalue weighted by atomic mass is 9.76. The smallest absolute Gasteiger partial charge is 0.104 e. The molecule has 0 radical (unpaired) electrons. The quantitative estimate of drug-likeness (QED) is 0.664. The van der Waals surface area contributed by atoms with E-state index in [0.717, 1.165) is 12.3 Å². The van der Waals surface area contributed by atoms with Gasteiger partial charge in [-0.05, 0) is 45.3 Å². The highest BCUT2D eigenvalue weighted by atomic mass is 16.5. The Balaban J connectivity index is 1.83. The number of likely N-dealkylation sites (tertiary alicyclic amines) is 1. The predicted octanol–water partition coefficient (Wildman–Crippen LogP) is 1.26. The first kappa shape index (κ1) is 9.95. The van der Waals surface area contributed by atoms with Crippen LogP contribution in [0.4, 0.5) is 0 Å². The number of ether oxygens (including phenoxy) is 1. The van der Waals surface area contributed by atoms with Crippen LogP contribution in [0.3, 0.4) is 0 Å². The summed E-state index contributed by atoms with van der Waals surface area (Å²) in [6, 6.07) is 2.43. The Morgan fingerprint density at radius 3 is 2.50 bits per heavy atom. The molecule has 0 spiro atoms. The molecule has 2 rings (SSSR count). The van der Waals surface area contributed by atoms with E-state index in [-0.39, 0.29) is 5.41 Å². The molecule has 0 unspecified atom stereocenters. The van der Waals surface area contributed by atoms with Gasteiger partial charge in [0.15, 0.2) is 0 Å². The minimum atomic E-state index is -0.124. The maximum atomic E-state index is 9.08. The summed E-state index contributed by atoms with van der Waals surface area (Å²) in [6.07, 6.45) is 3.55. The van der Waals surface area contributed by atoms with Crippen LogP contribution >= 0.6 is 0 Å². The van der Waals surface area contributed by atoms with Crippen LogP contribution in [0.5, 0.6) is 0 Å². The summed E-state index contributed by atoms with van der Waals surface area (Å²) in [6.45, 7) is 3.70. The minimum Gasteiger partial charge on any atom is -0.378 e. The Bertz CT molecular complexity index is 234. The highest BCUT2D eigenvalue weighted by molar-refractivity contribution is 5.04. The molecule has 2 aliphatic rings. The topological polar surface area (TPSA) is 36.3 Å². The first-order valence-corrected chi connectivity index (χ1v) is 5.42. The number of hydrogen-bond acceptors (Lipinski definition) is 3. The molecule has 0 saturated carbocycles. The fraction of sp³-hybridized carbons (Fsp3) is 0.909. The van der Waals surface area contributed by atoms with Crippen LogP contribution in [0, 0.1) is 22.7 Å². The van der Waals surface area contributed by atoms with Gasteiger partial charge < -0.3 is 9.64 Å². The van der Waals surface area contributed by atoms with E-state index in [2.05, 4.69) is 18.0 Å². The first-order valence-electron chi connectivity index (χ1n) is 5.42. The van der Waals surface area contributed by atoms with Crippen LogP contribution in [-0.2, 0) is 4.74 Å². The zero-order valence-electron chi connectivity index (χ0n) is 8.83. The third kappa shape index (κ3) is 1.92. The van der Waals surface area contributed by atoms with Gasteiger partial charge in [0, 0.05) is 0 Å². The molecular weight excluding hydrogens is 176 g/mol. The number of hydrogen-bond donors (Lipinski definition) is 0. The fourth-order valence-electron chi connectivity index (χ4n) is 2.40. The van der Waals surface area contributed by atoms with Crippen molar-refractivity contribution in [3.8, 4) is 6.07 Å². The third-order valence-electron chi connectivity index (χ3n) is 3.51. The number of rotatable bonds is 2. The Morgan fingerprint density at radius 1 is 1.43 bits per heavy atom. The molecule has 0 amide bonds. The Kier molecular flexibility index (Phi) is 2.76. The third-order valence-corrected chi connectivity index (χ3v) is 3.51. The number of nitrogens with zero attached hydrogens (tertiary/aromatic N) is 2. The van der Waals surface area contributed by atoms with Gasteiger partial charge in [0.2, 0.25) is 0 Å². The summed E-state index contributed by atoms with van der Waals surface area (Å²) in [5, 5.41) is 9.08. The van der Waals surface area contributed by atoms with Crippen molar-refractivity contribution < 1.29 is 4.74 Å². The minimum absolute atomic E-state index is 0.124. The number of piperidine rings is 1. The van der Waals surface area contributed by atoms with E-state index in [1.165, 1.54) is 25.9 Å². The van der Waals surface area contributed by atoms with Crippen LogP contribution in [-0.4, -0.2) is 38.3 Å². The average Bonchev–Trinajstić information content (AvgIpc) is 2.15. The lowest BCUT2D eigenvalue weighted by molar-refractivity contribution is -0.0913. The Morgan fingerprint density at radius 2 is 2.07 bits per heavy atom. The van der Waals surface area contributed by atoms with Gasteiger partial charge in [-0.1, -0.05) is 0 Å². The molecule has 0 atom stereocenters. The molecule has 2 aliphatic heterocycles. The van der Waals surface area contributed by atoms with Gasteiger partial charge in [0.25, 0.3) is 0 Å². The average molecular weight is 194 g/mol. The van der Waals surface area contributed by atoms with E-state index in [1.54, 1.807) is 0 Å². The second-order valence-electron chi connectivity index (χ2n) is 4.84. The van der Waals surface area contributed by atoms with Crippen LogP contribution in [0.2, 0.25) is 0 Å². The Labute approximate surface area is 85.6 Å². The van der Waals surface area contributed by atoms with Gasteiger partial charge in [-0.3, -0.25) is 0 Å². The summed E-state index contributed by atoms with van der Waals surface area (Å²) in [5.74, 6) is 0.745. The highest BCUT2D eigenvalue weighted by Gasteiger charge is 2.41. The zero-order chi connectivity index (χ0) is 10.0. The molecule has 14 heavy (non-hydrogen) atoms. The van der Waals surface area contributed by atoms with E-state index in [4.69, 9.17) is 10.00 Å². The second-order valence-corrected chi connectivity index (χ2v) is 4.84.